The first kappa shape index (κ1) is 22.1. The number of halogens is 4. The predicted octanol–water partition coefficient (Wildman–Crippen LogP) is 4.85. The summed E-state index contributed by atoms with van der Waals surface area (Å²) in [4.78, 5) is 17.0. The summed E-state index contributed by atoms with van der Waals surface area (Å²) in [5, 5.41) is 11.3. The first-order valence-corrected chi connectivity index (χ1v) is 11.2. The third kappa shape index (κ3) is 4.67. The molecule has 0 bridgehead atoms. The molecule has 0 atom stereocenters. The maximum atomic E-state index is 12.7. The van der Waals surface area contributed by atoms with E-state index in [2.05, 4.69) is 20.6 Å². The lowest BCUT2D eigenvalue weighted by molar-refractivity contribution is -0.198. The van der Waals surface area contributed by atoms with Crippen LogP contribution < -0.4 is 5.43 Å². The van der Waals surface area contributed by atoms with E-state index in [0.717, 1.165) is 5.39 Å². The zero-order valence-corrected chi connectivity index (χ0v) is 18.2. The molecule has 2 aliphatic rings. The fraction of sp³-hybridized carbons (Fsp3) is 0.455. The summed E-state index contributed by atoms with van der Waals surface area (Å²) in [6.45, 7) is 1.16. The van der Waals surface area contributed by atoms with Gasteiger partial charge in [0.1, 0.15) is 5.69 Å². The van der Waals surface area contributed by atoms with Gasteiger partial charge in [0.2, 0.25) is 11.8 Å². The average molecular weight is 480 g/mol. The molecular weight excluding hydrogens is 459 g/mol. The van der Waals surface area contributed by atoms with Gasteiger partial charge in [-0.15, -0.1) is 10.2 Å². The Bertz CT molecular complexity index is 1170. The van der Waals surface area contributed by atoms with Gasteiger partial charge in [0, 0.05) is 35.3 Å². The number of piperidine rings is 1. The highest BCUT2D eigenvalue weighted by Crippen LogP contribution is 2.49. The smallest absolute Gasteiger partial charge is 0.391 e. The van der Waals surface area contributed by atoms with Crippen molar-refractivity contribution in [2.45, 2.75) is 43.7 Å². The van der Waals surface area contributed by atoms with Crippen LogP contribution in [-0.4, -0.2) is 45.4 Å². The number of hydrazine groups is 1. The van der Waals surface area contributed by atoms with Gasteiger partial charge in [-0.1, -0.05) is 17.7 Å². The standard InChI is InChI=1S/C22H21ClF3N5O2/c23-16-2-4-17-13(11-16)1-3-18(27-17)19(32)30-31-7-5-12(6-8-31)20-28-29-21(33-20)14-9-15(10-14)22(24,25)26/h1-4,11-12,14-15H,5-10H2,(H,30,32). The van der Waals surface area contributed by atoms with Crippen LogP contribution in [0.15, 0.2) is 34.7 Å². The molecule has 33 heavy (non-hydrogen) atoms. The van der Waals surface area contributed by atoms with Crippen LogP contribution in [0.3, 0.4) is 0 Å². The summed E-state index contributed by atoms with van der Waals surface area (Å²) in [5.74, 6) is -1.12. The van der Waals surface area contributed by atoms with E-state index in [-0.39, 0.29) is 30.6 Å². The largest absolute Gasteiger partial charge is 0.425 e. The van der Waals surface area contributed by atoms with Gasteiger partial charge in [-0.2, -0.15) is 13.2 Å². The fourth-order valence-corrected chi connectivity index (χ4v) is 4.51. The Labute approximate surface area is 192 Å². The van der Waals surface area contributed by atoms with Crippen molar-refractivity contribution < 1.29 is 22.4 Å². The van der Waals surface area contributed by atoms with Crippen molar-refractivity contribution in [3.63, 3.8) is 0 Å². The molecule has 1 aliphatic carbocycles. The van der Waals surface area contributed by atoms with E-state index in [9.17, 15) is 18.0 Å². The number of hydrogen-bond donors (Lipinski definition) is 1. The zero-order valence-electron chi connectivity index (χ0n) is 17.5. The monoisotopic (exact) mass is 479 g/mol. The number of amides is 1. The molecule has 1 N–H and O–H groups in total. The van der Waals surface area contributed by atoms with Crippen LogP contribution in [0, 0.1) is 5.92 Å². The summed E-state index contributed by atoms with van der Waals surface area (Å²) in [5.41, 5.74) is 3.87. The van der Waals surface area contributed by atoms with E-state index < -0.39 is 12.1 Å². The minimum atomic E-state index is -4.16. The first-order valence-electron chi connectivity index (χ1n) is 10.8. The molecule has 1 aromatic carbocycles. The topological polar surface area (TPSA) is 84.2 Å². The number of carbonyl (C=O) groups excluding carboxylic acids is 1. The summed E-state index contributed by atoms with van der Waals surface area (Å²) in [6.07, 6.45) is -2.79. The first-order chi connectivity index (χ1) is 15.8. The van der Waals surface area contributed by atoms with Gasteiger partial charge in [-0.25, -0.2) is 9.99 Å². The van der Waals surface area contributed by atoms with E-state index in [1.165, 1.54) is 0 Å². The highest BCUT2D eigenvalue weighted by Gasteiger charge is 2.49. The van der Waals surface area contributed by atoms with Crippen LogP contribution in [0.2, 0.25) is 5.02 Å². The van der Waals surface area contributed by atoms with Gasteiger partial charge in [-0.3, -0.25) is 10.2 Å². The number of rotatable bonds is 4. The van der Waals surface area contributed by atoms with E-state index in [1.807, 2.05) is 11.1 Å². The molecule has 3 heterocycles. The molecule has 0 unspecified atom stereocenters. The predicted molar refractivity (Wildman–Crippen MR) is 114 cm³/mol. The third-order valence-corrected chi connectivity index (χ3v) is 6.63. The highest BCUT2D eigenvalue weighted by atomic mass is 35.5. The molecular formula is C22H21ClF3N5O2. The third-order valence-electron chi connectivity index (χ3n) is 6.39. The van der Waals surface area contributed by atoms with Gasteiger partial charge in [0.15, 0.2) is 0 Å². The van der Waals surface area contributed by atoms with Crippen LogP contribution in [0.1, 0.15) is 59.8 Å². The van der Waals surface area contributed by atoms with Crippen molar-refractivity contribution in [3.05, 3.63) is 52.8 Å². The second kappa shape index (κ2) is 8.57. The van der Waals surface area contributed by atoms with Crippen LogP contribution in [0.5, 0.6) is 0 Å². The molecule has 174 valence electrons. The fourth-order valence-electron chi connectivity index (χ4n) is 4.33. The number of carbonyl (C=O) groups is 1. The number of nitrogens with one attached hydrogen (secondary N) is 1. The molecule has 2 fully saturated rings. The minimum absolute atomic E-state index is 0.00541. The van der Waals surface area contributed by atoms with Gasteiger partial charge < -0.3 is 4.42 Å². The number of alkyl halides is 3. The van der Waals surface area contributed by atoms with E-state index in [4.69, 9.17) is 16.0 Å². The molecule has 1 saturated carbocycles. The van der Waals surface area contributed by atoms with Crippen molar-refractivity contribution in [1.29, 1.82) is 0 Å². The van der Waals surface area contributed by atoms with Gasteiger partial charge in [0.05, 0.1) is 11.4 Å². The van der Waals surface area contributed by atoms with E-state index in [0.29, 0.717) is 53.9 Å². The average Bonchev–Trinajstić information content (AvgIpc) is 3.21. The minimum Gasteiger partial charge on any atom is -0.425 e. The second-order valence-electron chi connectivity index (χ2n) is 8.62. The Balaban J connectivity index is 1.14. The molecule has 3 aromatic rings. The Morgan fingerprint density at radius 2 is 1.76 bits per heavy atom. The van der Waals surface area contributed by atoms with Crippen LogP contribution in [0.4, 0.5) is 13.2 Å². The molecule has 2 aromatic heterocycles. The maximum absolute atomic E-state index is 12.7. The summed E-state index contributed by atoms with van der Waals surface area (Å²) in [7, 11) is 0. The van der Waals surface area contributed by atoms with Crippen molar-refractivity contribution in [2.24, 2.45) is 5.92 Å². The van der Waals surface area contributed by atoms with Gasteiger partial charge >= 0.3 is 6.18 Å². The lowest BCUT2D eigenvalue weighted by Gasteiger charge is -2.34. The van der Waals surface area contributed by atoms with E-state index in [1.54, 1.807) is 24.3 Å². The molecule has 0 radical (unpaired) electrons. The van der Waals surface area contributed by atoms with Crippen LogP contribution in [-0.2, 0) is 0 Å². The molecule has 7 nitrogen and oxygen atoms in total. The quantitative estimate of drug-likeness (QED) is 0.576. The molecule has 0 spiro atoms. The zero-order chi connectivity index (χ0) is 23.2. The van der Waals surface area contributed by atoms with Crippen LogP contribution in [0.25, 0.3) is 10.9 Å². The number of benzene rings is 1. The SMILES string of the molecule is O=C(NN1CCC(c2nnc(C3CC(C(F)(F)F)C3)o2)CC1)c1ccc2cc(Cl)ccc2n1. The summed E-state index contributed by atoms with van der Waals surface area (Å²) < 4.78 is 43.8. The van der Waals surface area contributed by atoms with E-state index >= 15 is 0 Å². The van der Waals surface area contributed by atoms with Crippen LogP contribution >= 0.6 is 11.6 Å². The number of fused-ring (bicyclic) bond motifs is 1. The van der Waals surface area contributed by atoms with Crippen molar-refractivity contribution in [1.82, 2.24) is 25.6 Å². The Morgan fingerprint density at radius 3 is 2.45 bits per heavy atom. The molecule has 1 amide bonds. The Kier molecular flexibility index (Phi) is 5.74. The number of pyridine rings is 1. The highest BCUT2D eigenvalue weighted by molar-refractivity contribution is 6.31. The molecule has 1 aliphatic heterocycles. The van der Waals surface area contributed by atoms with Gasteiger partial charge in [0.25, 0.3) is 5.91 Å². The Morgan fingerprint density at radius 1 is 1.06 bits per heavy atom. The molecule has 1 saturated heterocycles. The number of nitrogens with zero attached hydrogens (tertiary/aromatic N) is 4. The maximum Gasteiger partial charge on any atom is 0.391 e. The van der Waals surface area contributed by atoms with Crippen molar-refractivity contribution in [2.75, 3.05) is 13.1 Å². The second-order valence-corrected chi connectivity index (χ2v) is 9.06. The number of hydrogen-bond acceptors (Lipinski definition) is 6. The Hall–Kier alpha value is -2.72. The summed E-state index contributed by atoms with van der Waals surface area (Å²) >= 11 is 5.99. The van der Waals surface area contributed by atoms with Crippen molar-refractivity contribution >= 4 is 28.4 Å². The molecule has 11 heteroatoms. The molecule has 5 rings (SSSR count). The number of aromatic nitrogens is 3. The van der Waals surface area contributed by atoms with Crippen molar-refractivity contribution in [3.8, 4) is 0 Å². The summed E-state index contributed by atoms with van der Waals surface area (Å²) in [6, 6.07) is 8.75. The van der Waals surface area contributed by atoms with Gasteiger partial charge in [-0.05, 0) is 49.9 Å². The normalized spacial score (nSPS) is 22.3. The lowest BCUT2D eigenvalue weighted by Crippen LogP contribution is -2.46. The lowest BCUT2D eigenvalue weighted by atomic mass is 9.74.